The fraction of sp³-hybridized carbons (Fsp3) is 0.529. The minimum Gasteiger partial charge on any atom is -0.512 e. The highest BCUT2D eigenvalue weighted by Crippen LogP contribution is 2.44. The Labute approximate surface area is 120 Å². The van der Waals surface area contributed by atoms with Gasteiger partial charge < -0.3 is 15.3 Å². The van der Waals surface area contributed by atoms with Crippen molar-refractivity contribution in [1.29, 1.82) is 0 Å². The van der Waals surface area contributed by atoms with Crippen LogP contribution in [0.1, 0.15) is 33.6 Å². The normalized spacial score (nSPS) is 37.9. The van der Waals surface area contributed by atoms with Gasteiger partial charge in [0.2, 0.25) is 0 Å². The maximum absolute atomic E-state index is 11.0. The molecule has 0 heterocycles. The second kappa shape index (κ2) is 5.23. The molecule has 2 aliphatic rings. The Hall–Kier alpha value is -1.32. The van der Waals surface area contributed by atoms with Crippen LogP contribution in [-0.4, -0.2) is 27.0 Å². The van der Waals surface area contributed by atoms with E-state index in [1.54, 1.807) is 19.1 Å². The average Bonchev–Trinajstić information content (AvgIpc) is 2.32. The van der Waals surface area contributed by atoms with Crippen LogP contribution in [0.3, 0.4) is 0 Å². The number of allylic oxidation sites excluding steroid dienone is 3. The van der Waals surface area contributed by atoms with Crippen molar-refractivity contribution in [3.8, 4) is 0 Å². The molecule has 0 saturated carbocycles. The van der Waals surface area contributed by atoms with Crippen molar-refractivity contribution < 1.29 is 15.3 Å². The molecule has 3 heteroatoms. The molecule has 0 aliphatic heterocycles. The van der Waals surface area contributed by atoms with Crippen LogP contribution < -0.4 is 0 Å². The molecule has 0 aromatic carbocycles. The van der Waals surface area contributed by atoms with Crippen molar-refractivity contribution in [2.24, 2.45) is 11.8 Å². The molecule has 0 saturated heterocycles. The van der Waals surface area contributed by atoms with E-state index in [9.17, 15) is 15.3 Å². The Balaban J connectivity index is 2.43. The van der Waals surface area contributed by atoms with Gasteiger partial charge in [-0.25, -0.2) is 0 Å². The summed E-state index contributed by atoms with van der Waals surface area (Å²) in [5, 5.41) is 31.1. The van der Waals surface area contributed by atoms with Crippen molar-refractivity contribution in [1.82, 2.24) is 0 Å². The summed E-state index contributed by atoms with van der Waals surface area (Å²) < 4.78 is 0. The molecular formula is C17H24O3. The molecule has 3 N–H and O–H groups in total. The summed E-state index contributed by atoms with van der Waals surface area (Å²) in [6, 6.07) is 0. The smallest absolute Gasteiger partial charge is 0.114 e. The zero-order valence-electron chi connectivity index (χ0n) is 12.4. The van der Waals surface area contributed by atoms with Gasteiger partial charge in [0.1, 0.15) is 5.60 Å². The summed E-state index contributed by atoms with van der Waals surface area (Å²) >= 11 is 0. The van der Waals surface area contributed by atoms with Gasteiger partial charge in [-0.05, 0) is 68.4 Å². The third kappa shape index (κ3) is 2.48. The average molecular weight is 276 g/mol. The van der Waals surface area contributed by atoms with Gasteiger partial charge in [-0.2, -0.15) is 0 Å². The minimum atomic E-state index is -1.23. The number of hydrogen-bond acceptors (Lipinski definition) is 3. The summed E-state index contributed by atoms with van der Waals surface area (Å²) in [4.78, 5) is 0. The molecule has 0 aromatic rings. The molecule has 3 nitrogen and oxygen atoms in total. The summed E-state index contributed by atoms with van der Waals surface area (Å²) in [6.45, 7) is 9.42. The molecule has 0 spiro atoms. The quantitative estimate of drug-likeness (QED) is 0.679. The van der Waals surface area contributed by atoms with Gasteiger partial charge in [0.25, 0.3) is 0 Å². The molecule has 2 aliphatic carbocycles. The fourth-order valence-electron chi connectivity index (χ4n) is 3.33. The van der Waals surface area contributed by atoms with Crippen molar-refractivity contribution in [2.45, 2.75) is 45.3 Å². The first-order valence-corrected chi connectivity index (χ1v) is 7.10. The van der Waals surface area contributed by atoms with Crippen molar-refractivity contribution in [2.75, 3.05) is 0 Å². The van der Waals surface area contributed by atoms with E-state index in [0.29, 0.717) is 12.0 Å². The van der Waals surface area contributed by atoms with E-state index in [0.717, 1.165) is 17.6 Å². The topological polar surface area (TPSA) is 60.7 Å². The van der Waals surface area contributed by atoms with Gasteiger partial charge in [0, 0.05) is 0 Å². The second-order valence-corrected chi connectivity index (χ2v) is 6.21. The highest BCUT2D eigenvalue weighted by molar-refractivity contribution is 5.40. The standard InChI is InChI=1S/C17H24O3/c1-10(2)17(20)9-11(3)7-15(19)16(17)13-5-6-14(18)12(4)8-13/h7-9,13-14,16,18-20H,1,5-6H2,2-4H3/t13?,14?,16-,17?/m0/s1. The third-order valence-electron chi connectivity index (χ3n) is 4.50. The molecule has 4 atom stereocenters. The first kappa shape index (κ1) is 15.1. The summed E-state index contributed by atoms with van der Waals surface area (Å²) in [7, 11) is 0. The number of rotatable bonds is 2. The van der Waals surface area contributed by atoms with Crippen LogP contribution in [0.2, 0.25) is 0 Å². The van der Waals surface area contributed by atoms with E-state index in [-0.39, 0.29) is 11.7 Å². The fourth-order valence-corrected chi connectivity index (χ4v) is 3.33. The van der Waals surface area contributed by atoms with Crippen LogP contribution in [-0.2, 0) is 0 Å². The van der Waals surface area contributed by atoms with E-state index < -0.39 is 17.6 Å². The lowest BCUT2D eigenvalue weighted by atomic mass is 9.67. The van der Waals surface area contributed by atoms with Crippen LogP contribution >= 0.6 is 0 Å². The number of hydrogen-bond donors (Lipinski definition) is 3. The first-order valence-electron chi connectivity index (χ1n) is 7.10. The lowest BCUT2D eigenvalue weighted by molar-refractivity contribution is 0.0286. The second-order valence-electron chi connectivity index (χ2n) is 6.21. The highest BCUT2D eigenvalue weighted by atomic mass is 16.3. The van der Waals surface area contributed by atoms with Gasteiger partial charge in [0.05, 0.1) is 17.8 Å². The number of aliphatic hydroxyl groups is 3. The van der Waals surface area contributed by atoms with Gasteiger partial charge >= 0.3 is 0 Å². The van der Waals surface area contributed by atoms with Crippen LogP contribution in [0.5, 0.6) is 0 Å². The van der Waals surface area contributed by atoms with Crippen molar-refractivity contribution >= 4 is 0 Å². The molecule has 2 rings (SSSR count). The van der Waals surface area contributed by atoms with Gasteiger partial charge in [-0.3, -0.25) is 0 Å². The molecular weight excluding hydrogens is 252 g/mol. The SMILES string of the molecule is C=C(C)C1(O)C=C(C)C=C(O)[C@@H]1C1C=C(C)C(O)CC1. The molecule has 0 aromatic heterocycles. The molecule has 3 unspecified atom stereocenters. The molecule has 0 fully saturated rings. The molecule has 0 radical (unpaired) electrons. The van der Waals surface area contributed by atoms with Crippen molar-refractivity contribution in [3.63, 3.8) is 0 Å². The summed E-state index contributed by atoms with van der Waals surface area (Å²) in [5.41, 5.74) is 1.14. The maximum Gasteiger partial charge on any atom is 0.114 e. The van der Waals surface area contributed by atoms with Crippen LogP contribution in [0.4, 0.5) is 0 Å². The van der Waals surface area contributed by atoms with E-state index in [1.807, 2.05) is 19.9 Å². The van der Waals surface area contributed by atoms with Crippen molar-refractivity contribution in [3.05, 3.63) is 47.3 Å². The Morgan fingerprint density at radius 3 is 2.55 bits per heavy atom. The zero-order valence-corrected chi connectivity index (χ0v) is 12.4. The Bertz CT molecular complexity index is 512. The van der Waals surface area contributed by atoms with Crippen LogP contribution in [0, 0.1) is 11.8 Å². The van der Waals surface area contributed by atoms with Crippen LogP contribution in [0.25, 0.3) is 0 Å². The molecule has 20 heavy (non-hydrogen) atoms. The zero-order chi connectivity index (χ0) is 15.1. The lowest BCUT2D eigenvalue weighted by Gasteiger charge is -2.42. The number of aliphatic hydroxyl groups excluding tert-OH is 2. The van der Waals surface area contributed by atoms with Gasteiger partial charge in [-0.1, -0.05) is 12.7 Å². The van der Waals surface area contributed by atoms with E-state index in [2.05, 4.69) is 6.58 Å². The predicted octanol–water partition coefficient (Wildman–Crippen LogP) is 3.03. The summed E-state index contributed by atoms with van der Waals surface area (Å²) in [6.07, 6.45) is 6.45. The largest absolute Gasteiger partial charge is 0.512 e. The van der Waals surface area contributed by atoms with Gasteiger partial charge in [-0.15, -0.1) is 0 Å². The predicted molar refractivity (Wildman–Crippen MR) is 80.2 cm³/mol. The maximum atomic E-state index is 11.0. The monoisotopic (exact) mass is 276 g/mol. The Kier molecular flexibility index (Phi) is 3.94. The lowest BCUT2D eigenvalue weighted by Crippen LogP contribution is -2.44. The molecule has 0 amide bonds. The van der Waals surface area contributed by atoms with E-state index in [1.165, 1.54) is 0 Å². The highest BCUT2D eigenvalue weighted by Gasteiger charge is 2.45. The first-order chi connectivity index (χ1) is 9.25. The van der Waals surface area contributed by atoms with Gasteiger partial charge in [0.15, 0.2) is 0 Å². The molecule has 110 valence electrons. The Morgan fingerprint density at radius 2 is 2.00 bits per heavy atom. The minimum absolute atomic E-state index is 0.000648. The Morgan fingerprint density at radius 1 is 1.35 bits per heavy atom. The van der Waals surface area contributed by atoms with Crippen LogP contribution in [0.15, 0.2) is 47.3 Å². The third-order valence-corrected chi connectivity index (χ3v) is 4.50. The summed E-state index contributed by atoms with van der Waals surface area (Å²) in [5.74, 6) is -0.229. The van der Waals surface area contributed by atoms with E-state index >= 15 is 0 Å². The molecule has 0 bridgehead atoms. The van der Waals surface area contributed by atoms with E-state index in [4.69, 9.17) is 0 Å².